The van der Waals surface area contributed by atoms with Crippen molar-refractivity contribution in [3.8, 4) is 5.75 Å². The highest BCUT2D eigenvalue weighted by Crippen LogP contribution is 2.35. The minimum atomic E-state index is 0.0768. The summed E-state index contributed by atoms with van der Waals surface area (Å²) in [4.78, 5) is 20.3. The maximum Gasteiger partial charge on any atom is 0.325 e. The second kappa shape index (κ2) is 8.81. The van der Waals surface area contributed by atoms with Crippen LogP contribution in [0, 0.1) is 13.8 Å². The van der Waals surface area contributed by atoms with Gasteiger partial charge in [0.1, 0.15) is 5.75 Å². The smallest absolute Gasteiger partial charge is 0.325 e. The van der Waals surface area contributed by atoms with Crippen LogP contribution in [0.5, 0.6) is 5.75 Å². The summed E-state index contributed by atoms with van der Waals surface area (Å²) in [5.41, 5.74) is 7.10. The average molecular weight is 442 g/mol. The topological polar surface area (TPSA) is 36.0 Å². The van der Waals surface area contributed by atoms with E-state index in [1.165, 1.54) is 22.4 Å². The minimum absolute atomic E-state index is 0.0768. The Balaban J connectivity index is 1.43. The van der Waals surface area contributed by atoms with Crippen LogP contribution in [0.15, 0.2) is 66.7 Å². The Labute approximate surface area is 196 Å². The van der Waals surface area contributed by atoms with Gasteiger partial charge in [-0.2, -0.15) is 0 Å². The normalized spacial score (nSPS) is 18.0. The maximum absolute atomic E-state index is 13.8. The van der Waals surface area contributed by atoms with Gasteiger partial charge in [-0.1, -0.05) is 54.6 Å². The van der Waals surface area contributed by atoms with Crippen LogP contribution < -0.4 is 14.5 Å². The molecule has 2 amide bonds. The van der Waals surface area contributed by atoms with Gasteiger partial charge in [0, 0.05) is 30.9 Å². The van der Waals surface area contributed by atoms with Crippen LogP contribution in [-0.2, 0) is 13.1 Å². The molecule has 1 fully saturated rings. The van der Waals surface area contributed by atoms with Crippen LogP contribution in [0.2, 0.25) is 0 Å². The lowest BCUT2D eigenvalue weighted by molar-refractivity contribution is 0.177. The summed E-state index contributed by atoms with van der Waals surface area (Å²) in [6, 6.07) is 22.9. The van der Waals surface area contributed by atoms with Gasteiger partial charge in [-0.3, -0.25) is 4.90 Å². The third kappa shape index (κ3) is 3.92. The molecule has 0 N–H and O–H groups in total. The monoisotopic (exact) mass is 441 g/mol. The minimum Gasteiger partial charge on any atom is -0.496 e. The van der Waals surface area contributed by atoms with E-state index in [4.69, 9.17) is 4.74 Å². The molecule has 0 bridgehead atoms. The molecular weight excluding hydrogens is 410 g/mol. The molecule has 1 saturated heterocycles. The standard InChI is InChI=1S/C28H31N3O2/c1-20-9-8-10-21(2)27(20)29-16-15-24(19-29)30-17-22-11-4-6-13-25(22)31(28(30)32)18-23-12-5-7-14-26(23)33-3/h4-14,24H,15-19H2,1-3H3/t24-/m1/s1. The van der Waals surface area contributed by atoms with E-state index in [9.17, 15) is 4.79 Å². The number of nitrogens with zero attached hydrogens (tertiary/aromatic N) is 3. The van der Waals surface area contributed by atoms with Gasteiger partial charge in [-0.05, 0) is 49.1 Å². The molecule has 33 heavy (non-hydrogen) atoms. The highest BCUT2D eigenvalue weighted by molar-refractivity contribution is 5.95. The third-order valence-electron chi connectivity index (χ3n) is 6.98. The van der Waals surface area contributed by atoms with Crippen LogP contribution in [0.3, 0.4) is 0 Å². The molecule has 2 heterocycles. The fourth-order valence-electron chi connectivity index (χ4n) is 5.36. The number of urea groups is 1. The lowest BCUT2D eigenvalue weighted by atomic mass is 10.1. The molecular formula is C28H31N3O2. The number of methoxy groups -OCH3 is 1. The van der Waals surface area contributed by atoms with Gasteiger partial charge in [0.15, 0.2) is 0 Å². The number of benzene rings is 3. The van der Waals surface area contributed by atoms with Gasteiger partial charge < -0.3 is 14.5 Å². The van der Waals surface area contributed by atoms with Gasteiger partial charge >= 0.3 is 6.03 Å². The molecule has 2 aliphatic rings. The number of para-hydroxylation sites is 3. The van der Waals surface area contributed by atoms with E-state index in [0.29, 0.717) is 13.1 Å². The van der Waals surface area contributed by atoms with Gasteiger partial charge in [-0.25, -0.2) is 4.79 Å². The molecule has 0 spiro atoms. The summed E-state index contributed by atoms with van der Waals surface area (Å²) < 4.78 is 5.56. The number of hydrogen-bond acceptors (Lipinski definition) is 3. The van der Waals surface area contributed by atoms with E-state index < -0.39 is 0 Å². The number of aryl methyl sites for hydroxylation is 2. The highest BCUT2D eigenvalue weighted by atomic mass is 16.5. The van der Waals surface area contributed by atoms with E-state index in [1.807, 2.05) is 35.2 Å². The van der Waals surface area contributed by atoms with E-state index in [0.717, 1.165) is 36.5 Å². The summed E-state index contributed by atoms with van der Waals surface area (Å²) in [5.74, 6) is 0.807. The first-order chi connectivity index (χ1) is 16.1. The summed E-state index contributed by atoms with van der Waals surface area (Å²) in [6.07, 6.45) is 0.976. The van der Waals surface area contributed by atoms with Crippen molar-refractivity contribution in [3.05, 3.63) is 89.0 Å². The number of carbonyl (C=O) groups is 1. The zero-order valence-corrected chi connectivity index (χ0v) is 19.6. The fraction of sp³-hybridized carbons (Fsp3) is 0.321. The van der Waals surface area contributed by atoms with E-state index >= 15 is 0 Å². The quantitative estimate of drug-likeness (QED) is 0.522. The lowest BCUT2D eigenvalue weighted by Crippen LogP contribution is -2.51. The number of carbonyl (C=O) groups excluding carboxylic acids is 1. The maximum atomic E-state index is 13.8. The van der Waals surface area contributed by atoms with Crippen molar-refractivity contribution < 1.29 is 9.53 Å². The van der Waals surface area contributed by atoms with Crippen LogP contribution in [0.1, 0.15) is 28.7 Å². The molecule has 1 atom stereocenters. The van der Waals surface area contributed by atoms with Crippen LogP contribution >= 0.6 is 0 Å². The first kappa shape index (κ1) is 21.4. The summed E-state index contributed by atoms with van der Waals surface area (Å²) >= 11 is 0. The van der Waals surface area contributed by atoms with Gasteiger partial charge in [-0.15, -0.1) is 0 Å². The molecule has 0 saturated carbocycles. The second-order valence-electron chi connectivity index (χ2n) is 9.07. The Morgan fingerprint density at radius 1 is 0.939 bits per heavy atom. The van der Waals surface area contributed by atoms with Gasteiger partial charge in [0.05, 0.1) is 25.4 Å². The number of hydrogen-bond donors (Lipinski definition) is 0. The predicted molar refractivity (Wildman–Crippen MR) is 133 cm³/mol. The molecule has 0 aromatic heterocycles. The predicted octanol–water partition coefficient (Wildman–Crippen LogP) is 5.53. The Kier molecular flexibility index (Phi) is 5.71. The second-order valence-corrected chi connectivity index (χ2v) is 9.07. The number of fused-ring (bicyclic) bond motifs is 1. The van der Waals surface area contributed by atoms with Crippen molar-refractivity contribution in [1.82, 2.24) is 4.90 Å². The van der Waals surface area contributed by atoms with Crippen LogP contribution in [-0.4, -0.2) is 37.2 Å². The molecule has 170 valence electrons. The van der Waals surface area contributed by atoms with Crippen molar-refractivity contribution in [2.45, 2.75) is 39.4 Å². The lowest BCUT2D eigenvalue weighted by Gasteiger charge is -2.40. The molecule has 2 aliphatic heterocycles. The Morgan fingerprint density at radius 2 is 1.67 bits per heavy atom. The molecule has 5 nitrogen and oxygen atoms in total. The van der Waals surface area contributed by atoms with Crippen LogP contribution in [0.25, 0.3) is 0 Å². The molecule has 5 heteroatoms. The number of amides is 2. The van der Waals surface area contributed by atoms with Crippen molar-refractivity contribution in [2.24, 2.45) is 0 Å². The SMILES string of the molecule is COc1ccccc1CN1C(=O)N([C@@H]2CCN(c3c(C)cccc3C)C2)Cc2ccccc21. The first-order valence-corrected chi connectivity index (χ1v) is 11.7. The van der Waals surface area contributed by atoms with Gasteiger partial charge in [0.2, 0.25) is 0 Å². The summed E-state index contributed by atoms with van der Waals surface area (Å²) in [7, 11) is 1.68. The Morgan fingerprint density at radius 3 is 2.45 bits per heavy atom. The Bertz CT molecular complexity index is 1160. The number of rotatable bonds is 5. The van der Waals surface area contributed by atoms with E-state index in [1.54, 1.807) is 7.11 Å². The van der Waals surface area contributed by atoms with Crippen molar-refractivity contribution in [3.63, 3.8) is 0 Å². The molecule has 0 radical (unpaired) electrons. The number of ether oxygens (including phenoxy) is 1. The molecule has 5 rings (SSSR count). The fourth-order valence-corrected chi connectivity index (χ4v) is 5.36. The third-order valence-corrected chi connectivity index (χ3v) is 6.98. The van der Waals surface area contributed by atoms with Gasteiger partial charge in [0.25, 0.3) is 0 Å². The van der Waals surface area contributed by atoms with E-state index in [2.05, 4.69) is 60.0 Å². The largest absolute Gasteiger partial charge is 0.496 e. The zero-order chi connectivity index (χ0) is 22.9. The first-order valence-electron chi connectivity index (χ1n) is 11.7. The number of anilines is 2. The van der Waals surface area contributed by atoms with Crippen molar-refractivity contribution in [1.29, 1.82) is 0 Å². The molecule has 0 aliphatic carbocycles. The Hall–Kier alpha value is -3.47. The summed E-state index contributed by atoms with van der Waals surface area (Å²) in [6.45, 7) is 7.32. The molecule has 3 aromatic rings. The highest BCUT2D eigenvalue weighted by Gasteiger charge is 2.38. The van der Waals surface area contributed by atoms with Crippen molar-refractivity contribution in [2.75, 3.05) is 30.0 Å². The zero-order valence-electron chi connectivity index (χ0n) is 19.6. The average Bonchev–Trinajstić information content (AvgIpc) is 3.30. The van der Waals surface area contributed by atoms with Crippen LogP contribution in [0.4, 0.5) is 16.2 Å². The molecule has 0 unspecified atom stereocenters. The van der Waals surface area contributed by atoms with E-state index in [-0.39, 0.29) is 12.1 Å². The summed E-state index contributed by atoms with van der Waals surface area (Å²) in [5, 5.41) is 0. The van der Waals surface area contributed by atoms with Crippen molar-refractivity contribution >= 4 is 17.4 Å². The molecule has 3 aromatic carbocycles.